The number of benzene rings is 3. The minimum Gasteiger partial charge on any atom is -0.484 e. The highest BCUT2D eigenvalue weighted by Gasteiger charge is 2.14. The van der Waals surface area contributed by atoms with E-state index >= 15 is 0 Å². The molecule has 3 aromatic rings. The van der Waals surface area contributed by atoms with Gasteiger partial charge in [-0.1, -0.05) is 38.1 Å². The van der Waals surface area contributed by atoms with Crippen LogP contribution >= 0.6 is 0 Å². The van der Waals surface area contributed by atoms with E-state index in [2.05, 4.69) is 23.9 Å². The number of aryl methyl sites for hydroxylation is 1. The molecular formula is C24H26N2O4S. The second-order valence-corrected chi connectivity index (χ2v) is 9.24. The quantitative estimate of drug-likeness (QED) is 0.522. The monoisotopic (exact) mass is 438 g/mol. The van der Waals surface area contributed by atoms with Crippen molar-refractivity contribution >= 4 is 27.3 Å². The highest BCUT2D eigenvalue weighted by molar-refractivity contribution is 7.92. The van der Waals surface area contributed by atoms with E-state index in [0.29, 0.717) is 23.0 Å². The fraction of sp³-hybridized carbons (Fsp3) is 0.208. The molecule has 3 rings (SSSR count). The molecule has 162 valence electrons. The second-order valence-electron chi connectivity index (χ2n) is 7.56. The Kier molecular flexibility index (Phi) is 6.97. The zero-order chi connectivity index (χ0) is 22.4. The highest BCUT2D eigenvalue weighted by Crippen LogP contribution is 2.20. The first-order valence-electron chi connectivity index (χ1n) is 9.95. The molecule has 0 aliphatic heterocycles. The van der Waals surface area contributed by atoms with Crippen LogP contribution < -0.4 is 14.8 Å². The summed E-state index contributed by atoms with van der Waals surface area (Å²) >= 11 is 0. The van der Waals surface area contributed by atoms with Crippen molar-refractivity contribution in [3.63, 3.8) is 0 Å². The number of carbonyl (C=O) groups excluding carboxylic acids is 1. The SMILES string of the molecule is Cc1cccc(NS(=O)(=O)c2ccc(OCC(=O)Nc3ccc(C(C)C)cc3)cc2)c1. The van der Waals surface area contributed by atoms with Crippen LogP contribution in [0.4, 0.5) is 11.4 Å². The third-order valence-electron chi connectivity index (χ3n) is 4.64. The fourth-order valence-corrected chi connectivity index (χ4v) is 3.98. The molecule has 0 aromatic heterocycles. The van der Waals surface area contributed by atoms with Gasteiger partial charge in [0.15, 0.2) is 6.61 Å². The van der Waals surface area contributed by atoms with E-state index in [4.69, 9.17) is 4.74 Å². The Hall–Kier alpha value is -3.32. The third-order valence-corrected chi connectivity index (χ3v) is 6.03. The van der Waals surface area contributed by atoms with E-state index in [9.17, 15) is 13.2 Å². The van der Waals surface area contributed by atoms with E-state index in [1.807, 2.05) is 37.3 Å². The zero-order valence-corrected chi connectivity index (χ0v) is 18.6. The molecule has 0 bridgehead atoms. The molecule has 0 radical (unpaired) electrons. The lowest BCUT2D eigenvalue weighted by Crippen LogP contribution is -2.20. The molecule has 1 amide bonds. The predicted molar refractivity (Wildman–Crippen MR) is 123 cm³/mol. The Morgan fingerprint density at radius 3 is 2.23 bits per heavy atom. The van der Waals surface area contributed by atoms with Crippen LogP contribution in [-0.4, -0.2) is 20.9 Å². The average molecular weight is 439 g/mol. The first-order chi connectivity index (χ1) is 14.7. The number of anilines is 2. The normalized spacial score (nSPS) is 11.2. The number of ether oxygens (including phenoxy) is 1. The van der Waals surface area contributed by atoms with Crippen molar-refractivity contribution in [1.29, 1.82) is 0 Å². The van der Waals surface area contributed by atoms with Crippen molar-refractivity contribution in [2.75, 3.05) is 16.6 Å². The Balaban J connectivity index is 1.55. The van der Waals surface area contributed by atoms with Gasteiger partial charge in [0.1, 0.15) is 5.75 Å². The summed E-state index contributed by atoms with van der Waals surface area (Å²) in [6.45, 7) is 5.92. The summed E-state index contributed by atoms with van der Waals surface area (Å²) in [7, 11) is -3.71. The molecule has 0 saturated heterocycles. The summed E-state index contributed by atoms with van der Waals surface area (Å²) in [5.41, 5.74) is 3.35. The second kappa shape index (κ2) is 9.66. The molecular weight excluding hydrogens is 412 g/mol. The van der Waals surface area contributed by atoms with Crippen LogP contribution in [0.15, 0.2) is 77.7 Å². The van der Waals surface area contributed by atoms with Crippen molar-refractivity contribution < 1.29 is 17.9 Å². The molecule has 0 saturated carbocycles. The summed E-state index contributed by atoms with van der Waals surface area (Å²) in [6.07, 6.45) is 0. The lowest BCUT2D eigenvalue weighted by molar-refractivity contribution is -0.118. The number of hydrogen-bond donors (Lipinski definition) is 2. The first kappa shape index (κ1) is 22.4. The Morgan fingerprint density at radius 2 is 1.61 bits per heavy atom. The predicted octanol–water partition coefficient (Wildman–Crippen LogP) is 4.94. The maximum atomic E-state index is 12.5. The highest BCUT2D eigenvalue weighted by atomic mass is 32.2. The van der Waals surface area contributed by atoms with E-state index in [0.717, 1.165) is 5.56 Å². The van der Waals surface area contributed by atoms with Gasteiger partial charge in [0.05, 0.1) is 4.90 Å². The van der Waals surface area contributed by atoms with Crippen LogP contribution in [0, 0.1) is 6.92 Å². The van der Waals surface area contributed by atoms with E-state index in [1.54, 1.807) is 18.2 Å². The van der Waals surface area contributed by atoms with Gasteiger partial charge in [-0.05, 0) is 72.5 Å². The smallest absolute Gasteiger partial charge is 0.262 e. The first-order valence-corrected chi connectivity index (χ1v) is 11.4. The van der Waals surface area contributed by atoms with Crippen molar-refractivity contribution in [2.45, 2.75) is 31.6 Å². The molecule has 0 unspecified atom stereocenters. The van der Waals surface area contributed by atoms with E-state index in [1.165, 1.54) is 29.8 Å². The molecule has 0 aliphatic carbocycles. The average Bonchev–Trinajstić information content (AvgIpc) is 2.72. The zero-order valence-electron chi connectivity index (χ0n) is 17.8. The van der Waals surface area contributed by atoms with Gasteiger partial charge < -0.3 is 10.1 Å². The van der Waals surface area contributed by atoms with Gasteiger partial charge in [-0.2, -0.15) is 0 Å². The van der Waals surface area contributed by atoms with Gasteiger partial charge >= 0.3 is 0 Å². The molecule has 31 heavy (non-hydrogen) atoms. The summed E-state index contributed by atoms with van der Waals surface area (Å²) < 4.78 is 33.1. The summed E-state index contributed by atoms with van der Waals surface area (Å²) in [4.78, 5) is 12.2. The van der Waals surface area contributed by atoms with Crippen LogP contribution in [0.1, 0.15) is 30.9 Å². The molecule has 0 fully saturated rings. The van der Waals surface area contributed by atoms with Crippen molar-refractivity contribution in [1.82, 2.24) is 0 Å². The lowest BCUT2D eigenvalue weighted by atomic mass is 10.0. The Labute approximate surface area is 183 Å². The van der Waals surface area contributed by atoms with E-state index < -0.39 is 10.0 Å². The van der Waals surface area contributed by atoms with Crippen LogP contribution in [0.5, 0.6) is 5.75 Å². The molecule has 2 N–H and O–H groups in total. The molecule has 0 atom stereocenters. The van der Waals surface area contributed by atoms with E-state index in [-0.39, 0.29) is 17.4 Å². The van der Waals surface area contributed by atoms with Gasteiger partial charge in [-0.25, -0.2) is 8.42 Å². The Bertz CT molecular complexity index is 1140. The summed E-state index contributed by atoms with van der Waals surface area (Å²) in [5, 5.41) is 2.78. The van der Waals surface area contributed by atoms with Gasteiger partial charge in [0.25, 0.3) is 15.9 Å². The van der Waals surface area contributed by atoms with Gasteiger partial charge in [-0.15, -0.1) is 0 Å². The third kappa shape index (κ3) is 6.33. The number of rotatable bonds is 8. The number of amides is 1. The fourth-order valence-electron chi connectivity index (χ4n) is 2.93. The maximum absolute atomic E-state index is 12.5. The van der Waals surface area contributed by atoms with Crippen molar-refractivity contribution in [3.05, 3.63) is 83.9 Å². The number of nitrogens with one attached hydrogen (secondary N) is 2. The van der Waals surface area contributed by atoms with Crippen molar-refractivity contribution in [2.24, 2.45) is 0 Å². The number of sulfonamides is 1. The summed E-state index contributed by atoms with van der Waals surface area (Å²) in [5.74, 6) is 0.529. The van der Waals surface area contributed by atoms with Crippen LogP contribution in [0.2, 0.25) is 0 Å². The van der Waals surface area contributed by atoms with Crippen molar-refractivity contribution in [3.8, 4) is 5.75 Å². The van der Waals surface area contributed by atoms with Gasteiger partial charge in [0.2, 0.25) is 0 Å². The Morgan fingerprint density at radius 1 is 0.935 bits per heavy atom. The lowest BCUT2D eigenvalue weighted by Gasteiger charge is -2.11. The van der Waals surface area contributed by atoms with Gasteiger partial charge in [0, 0.05) is 11.4 Å². The molecule has 0 aliphatic rings. The minimum absolute atomic E-state index is 0.107. The molecule has 6 nitrogen and oxygen atoms in total. The van der Waals surface area contributed by atoms with Crippen LogP contribution in [0.25, 0.3) is 0 Å². The van der Waals surface area contributed by atoms with Crippen LogP contribution in [-0.2, 0) is 14.8 Å². The van der Waals surface area contributed by atoms with Gasteiger partial charge in [-0.3, -0.25) is 9.52 Å². The number of hydrogen-bond acceptors (Lipinski definition) is 4. The summed E-state index contributed by atoms with van der Waals surface area (Å²) in [6, 6.07) is 20.7. The minimum atomic E-state index is -3.71. The molecule has 0 heterocycles. The molecule has 7 heteroatoms. The largest absolute Gasteiger partial charge is 0.484 e. The maximum Gasteiger partial charge on any atom is 0.262 e. The standard InChI is InChI=1S/C24H26N2O4S/c1-17(2)19-7-9-20(10-8-19)25-24(27)16-30-22-11-13-23(14-12-22)31(28,29)26-21-6-4-5-18(3)15-21/h4-15,17,26H,16H2,1-3H3,(H,25,27). The molecule has 0 spiro atoms. The van der Waals surface area contributed by atoms with Crippen LogP contribution in [0.3, 0.4) is 0 Å². The molecule has 3 aromatic carbocycles. The number of carbonyl (C=O) groups is 1. The topological polar surface area (TPSA) is 84.5 Å².